The number of nitrogens with zero attached hydrogens (tertiary/aromatic N) is 2. The molecule has 0 aliphatic heterocycles. The number of nitrogens with two attached hydrogens (primary N) is 1. The van der Waals surface area contributed by atoms with Crippen LogP contribution in [0, 0.1) is 13.8 Å². The largest absolute Gasteiger partial charge is 0.453 e. The van der Waals surface area contributed by atoms with E-state index in [-0.39, 0.29) is 6.04 Å². The Morgan fingerprint density at radius 3 is 2.37 bits per heavy atom. The van der Waals surface area contributed by atoms with Crippen molar-refractivity contribution < 1.29 is 4.74 Å². The highest BCUT2D eigenvalue weighted by molar-refractivity contribution is 5.38. The molecule has 1 heterocycles. The Bertz CT molecular complexity index is 556. The van der Waals surface area contributed by atoms with E-state index in [0.29, 0.717) is 0 Å². The molecular formula is C15H21N3O. The zero-order valence-corrected chi connectivity index (χ0v) is 12.0. The molecular weight excluding hydrogens is 238 g/mol. The highest BCUT2D eigenvalue weighted by atomic mass is 16.5. The predicted molar refractivity (Wildman–Crippen MR) is 76.6 cm³/mol. The van der Waals surface area contributed by atoms with Crippen LogP contribution in [0.1, 0.15) is 23.9 Å². The summed E-state index contributed by atoms with van der Waals surface area (Å²) >= 11 is 0. The van der Waals surface area contributed by atoms with Gasteiger partial charge in [0.25, 0.3) is 0 Å². The average molecular weight is 259 g/mol. The van der Waals surface area contributed by atoms with Gasteiger partial charge in [-0.3, -0.25) is 4.68 Å². The van der Waals surface area contributed by atoms with Crippen molar-refractivity contribution in [1.82, 2.24) is 9.78 Å². The van der Waals surface area contributed by atoms with Crippen LogP contribution >= 0.6 is 0 Å². The highest BCUT2D eigenvalue weighted by Crippen LogP contribution is 2.28. The summed E-state index contributed by atoms with van der Waals surface area (Å²) in [4.78, 5) is 0. The SMILES string of the molecule is Cc1nn(C)c(C)c1Oc1ccc(CC(C)N)cc1. The van der Waals surface area contributed by atoms with E-state index in [0.717, 1.165) is 29.3 Å². The summed E-state index contributed by atoms with van der Waals surface area (Å²) in [5, 5.41) is 4.34. The van der Waals surface area contributed by atoms with Gasteiger partial charge in [-0.25, -0.2) is 0 Å². The summed E-state index contributed by atoms with van der Waals surface area (Å²) in [6.45, 7) is 5.96. The van der Waals surface area contributed by atoms with Crippen molar-refractivity contribution in [3.8, 4) is 11.5 Å². The smallest absolute Gasteiger partial charge is 0.171 e. The van der Waals surface area contributed by atoms with Crippen molar-refractivity contribution in [3.05, 3.63) is 41.2 Å². The summed E-state index contributed by atoms with van der Waals surface area (Å²) < 4.78 is 7.73. The van der Waals surface area contributed by atoms with Gasteiger partial charge in [0.1, 0.15) is 11.4 Å². The third kappa shape index (κ3) is 3.15. The zero-order valence-electron chi connectivity index (χ0n) is 12.0. The van der Waals surface area contributed by atoms with E-state index in [1.54, 1.807) is 0 Å². The molecule has 102 valence electrons. The number of benzene rings is 1. The van der Waals surface area contributed by atoms with E-state index >= 15 is 0 Å². The van der Waals surface area contributed by atoms with Gasteiger partial charge in [-0.2, -0.15) is 5.10 Å². The zero-order chi connectivity index (χ0) is 14.0. The Hall–Kier alpha value is -1.81. The molecule has 1 aromatic carbocycles. The molecule has 19 heavy (non-hydrogen) atoms. The van der Waals surface area contributed by atoms with Gasteiger partial charge in [0, 0.05) is 13.1 Å². The monoisotopic (exact) mass is 259 g/mol. The summed E-state index contributed by atoms with van der Waals surface area (Å²) in [7, 11) is 1.92. The van der Waals surface area contributed by atoms with Crippen LogP contribution in [0.3, 0.4) is 0 Å². The molecule has 4 nitrogen and oxygen atoms in total. The Morgan fingerprint density at radius 1 is 1.26 bits per heavy atom. The maximum atomic E-state index is 5.91. The molecule has 4 heteroatoms. The Labute approximate surface area is 114 Å². The van der Waals surface area contributed by atoms with Gasteiger partial charge in [-0.05, 0) is 44.9 Å². The van der Waals surface area contributed by atoms with Gasteiger partial charge in [-0.1, -0.05) is 12.1 Å². The standard InChI is InChI=1S/C15H21N3O/c1-10(16)9-13-5-7-14(8-6-13)19-15-11(2)17-18(4)12(15)3/h5-8,10H,9,16H2,1-4H3. The maximum absolute atomic E-state index is 5.91. The average Bonchev–Trinajstić information content (AvgIpc) is 2.58. The third-order valence-corrected chi connectivity index (χ3v) is 3.14. The minimum Gasteiger partial charge on any atom is -0.453 e. The molecule has 2 aromatic rings. The van der Waals surface area contributed by atoms with Crippen molar-refractivity contribution in [2.45, 2.75) is 33.2 Å². The fraction of sp³-hybridized carbons (Fsp3) is 0.400. The molecule has 1 atom stereocenters. The molecule has 0 aliphatic rings. The molecule has 0 spiro atoms. The van der Waals surface area contributed by atoms with Gasteiger partial charge in [-0.15, -0.1) is 0 Å². The van der Waals surface area contributed by atoms with E-state index < -0.39 is 0 Å². The van der Waals surface area contributed by atoms with E-state index in [9.17, 15) is 0 Å². The Morgan fingerprint density at radius 2 is 1.89 bits per heavy atom. The number of aryl methyl sites for hydroxylation is 2. The fourth-order valence-electron chi connectivity index (χ4n) is 2.09. The van der Waals surface area contributed by atoms with Crippen molar-refractivity contribution in [1.29, 1.82) is 0 Å². The van der Waals surface area contributed by atoms with Crippen LogP contribution < -0.4 is 10.5 Å². The normalized spacial score (nSPS) is 12.5. The molecule has 0 amide bonds. The molecule has 1 unspecified atom stereocenters. The Balaban J connectivity index is 2.15. The molecule has 0 fully saturated rings. The van der Waals surface area contributed by atoms with Gasteiger partial charge < -0.3 is 10.5 Å². The summed E-state index contributed by atoms with van der Waals surface area (Å²) in [6.07, 6.45) is 0.880. The second-order valence-electron chi connectivity index (χ2n) is 5.05. The number of hydrogen-bond acceptors (Lipinski definition) is 3. The van der Waals surface area contributed by atoms with Crippen LogP contribution in [0.25, 0.3) is 0 Å². The predicted octanol–water partition coefficient (Wildman–Crippen LogP) is 2.72. The molecule has 2 rings (SSSR count). The van der Waals surface area contributed by atoms with E-state index in [1.165, 1.54) is 5.56 Å². The van der Waals surface area contributed by atoms with Crippen molar-refractivity contribution in [3.63, 3.8) is 0 Å². The second-order valence-corrected chi connectivity index (χ2v) is 5.05. The highest BCUT2D eigenvalue weighted by Gasteiger charge is 2.11. The first-order chi connectivity index (χ1) is 8.97. The maximum Gasteiger partial charge on any atom is 0.171 e. The lowest BCUT2D eigenvalue weighted by molar-refractivity contribution is 0.474. The lowest BCUT2D eigenvalue weighted by atomic mass is 10.1. The molecule has 2 N–H and O–H groups in total. The van der Waals surface area contributed by atoms with Crippen molar-refractivity contribution in [2.24, 2.45) is 12.8 Å². The van der Waals surface area contributed by atoms with E-state index in [1.807, 2.05) is 44.6 Å². The van der Waals surface area contributed by atoms with Crippen LogP contribution in [0.4, 0.5) is 0 Å². The molecule has 1 aromatic heterocycles. The quantitative estimate of drug-likeness (QED) is 0.918. The van der Waals surface area contributed by atoms with Crippen LogP contribution in [-0.4, -0.2) is 15.8 Å². The van der Waals surface area contributed by atoms with Crippen LogP contribution in [0.5, 0.6) is 11.5 Å². The van der Waals surface area contributed by atoms with Crippen LogP contribution in [0.15, 0.2) is 24.3 Å². The molecule has 0 bridgehead atoms. The Kier molecular flexibility index (Phi) is 3.90. The van der Waals surface area contributed by atoms with Crippen LogP contribution in [0.2, 0.25) is 0 Å². The first kappa shape index (κ1) is 13.6. The third-order valence-electron chi connectivity index (χ3n) is 3.14. The summed E-state index contributed by atoms with van der Waals surface area (Å²) in [6, 6.07) is 8.24. The summed E-state index contributed by atoms with van der Waals surface area (Å²) in [5.41, 5.74) is 8.94. The minimum atomic E-state index is 0.176. The van der Waals surface area contributed by atoms with Gasteiger partial charge in [0.05, 0.1) is 5.69 Å². The number of aromatic nitrogens is 2. The van der Waals surface area contributed by atoms with Gasteiger partial charge >= 0.3 is 0 Å². The fourth-order valence-corrected chi connectivity index (χ4v) is 2.09. The molecule has 0 saturated heterocycles. The molecule has 0 radical (unpaired) electrons. The number of hydrogen-bond donors (Lipinski definition) is 1. The first-order valence-electron chi connectivity index (χ1n) is 6.50. The number of rotatable bonds is 4. The lowest BCUT2D eigenvalue weighted by Crippen LogP contribution is -2.17. The van der Waals surface area contributed by atoms with Crippen molar-refractivity contribution >= 4 is 0 Å². The summed E-state index contributed by atoms with van der Waals surface area (Å²) in [5.74, 6) is 1.66. The molecule has 0 aliphatic carbocycles. The lowest BCUT2D eigenvalue weighted by Gasteiger charge is -2.08. The van der Waals surface area contributed by atoms with Crippen molar-refractivity contribution in [2.75, 3.05) is 0 Å². The minimum absolute atomic E-state index is 0.176. The van der Waals surface area contributed by atoms with E-state index in [4.69, 9.17) is 10.5 Å². The number of ether oxygens (including phenoxy) is 1. The second kappa shape index (κ2) is 5.45. The topological polar surface area (TPSA) is 53.1 Å². The van der Waals surface area contributed by atoms with Gasteiger partial charge in [0.2, 0.25) is 0 Å². The van der Waals surface area contributed by atoms with E-state index in [2.05, 4.69) is 17.2 Å². The van der Waals surface area contributed by atoms with Crippen LogP contribution in [-0.2, 0) is 13.5 Å². The first-order valence-corrected chi connectivity index (χ1v) is 6.50. The van der Waals surface area contributed by atoms with Gasteiger partial charge in [0.15, 0.2) is 5.75 Å². The molecule has 0 saturated carbocycles.